The van der Waals surface area contributed by atoms with Crippen LogP contribution in [0.1, 0.15) is 35.4 Å². The first-order chi connectivity index (χ1) is 16.0. The van der Waals surface area contributed by atoms with E-state index in [1.54, 1.807) is 6.08 Å². The molecule has 1 aliphatic heterocycles. The van der Waals surface area contributed by atoms with E-state index in [-0.39, 0.29) is 17.7 Å². The Balaban J connectivity index is 1.31. The zero-order valence-corrected chi connectivity index (χ0v) is 19.2. The summed E-state index contributed by atoms with van der Waals surface area (Å²) in [6.07, 6.45) is 4.86. The molecule has 1 aromatic heterocycles. The largest absolute Gasteiger partial charge is 0.352 e. The molecule has 4 rings (SSSR count). The van der Waals surface area contributed by atoms with Crippen molar-refractivity contribution in [3.05, 3.63) is 89.3 Å². The number of nitrogens with one attached hydrogen (secondary N) is 1. The third kappa shape index (κ3) is 5.40. The number of likely N-dealkylation sites (tertiary alicyclic amines) is 1. The molecule has 0 saturated carbocycles. The SMILES string of the molecule is Cc1nn(-c2ccccc2)c(C)c1/C=C/C(=O)N1CCC(C(=O)NCc2ccccc2)CC1. The smallest absolute Gasteiger partial charge is 0.246 e. The number of para-hydroxylation sites is 1. The summed E-state index contributed by atoms with van der Waals surface area (Å²) in [5.74, 6) is 0.000750. The number of rotatable bonds is 6. The number of carbonyl (C=O) groups is 2. The zero-order chi connectivity index (χ0) is 23.2. The van der Waals surface area contributed by atoms with E-state index >= 15 is 0 Å². The standard InChI is InChI=1S/C27H30N4O2/c1-20-25(21(2)31(29-20)24-11-7-4-8-12-24)13-14-26(32)30-17-15-23(16-18-30)27(33)28-19-22-9-5-3-6-10-22/h3-14,23H,15-19H2,1-2H3,(H,28,33)/b14-13+. The Morgan fingerprint density at radius 2 is 1.64 bits per heavy atom. The predicted octanol–water partition coefficient (Wildman–Crippen LogP) is 4.06. The Morgan fingerprint density at radius 1 is 1.00 bits per heavy atom. The van der Waals surface area contributed by atoms with Gasteiger partial charge in [0, 0.05) is 42.9 Å². The summed E-state index contributed by atoms with van der Waals surface area (Å²) >= 11 is 0. The van der Waals surface area contributed by atoms with Crippen LogP contribution in [0.2, 0.25) is 0 Å². The summed E-state index contributed by atoms with van der Waals surface area (Å²) in [6.45, 7) is 5.69. The molecular formula is C27H30N4O2. The van der Waals surface area contributed by atoms with E-state index in [9.17, 15) is 9.59 Å². The second-order valence-corrected chi connectivity index (χ2v) is 8.47. The number of benzene rings is 2. The highest BCUT2D eigenvalue weighted by atomic mass is 16.2. The predicted molar refractivity (Wildman–Crippen MR) is 130 cm³/mol. The van der Waals surface area contributed by atoms with Gasteiger partial charge < -0.3 is 10.2 Å². The zero-order valence-electron chi connectivity index (χ0n) is 19.2. The fraction of sp³-hybridized carbons (Fsp3) is 0.296. The summed E-state index contributed by atoms with van der Waals surface area (Å²) < 4.78 is 1.90. The van der Waals surface area contributed by atoms with Gasteiger partial charge in [0.25, 0.3) is 0 Å². The number of hydrogen-bond donors (Lipinski definition) is 1. The fourth-order valence-electron chi connectivity index (χ4n) is 4.27. The molecule has 0 bridgehead atoms. The van der Waals surface area contributed by atoms with Crippen molar-refractivity contribution in [1.82, 2.24) is 20.0 Å². The van der Waals surface area contributed by atoms with Crippen molar-refractivity contribution in [2.45, 2.75) is 33.2 Å². The molecule has 3 aromatic rings. The number of aryl methyl sites for hydroxylation is 1. The summed E-state index contributed by atoms with van der Waals surface area (Å²) in [7, 11) is 0. The second kappa shape index (κ2) is 10.3. The van der Waals surface area contributed by atoms with Crippen LogP contribution in [0.3, 0.4) is 0 Å². The molecule has 6 nitrogen and oxygen atoms in total. The Morgan fingerprint density at radius 3 is 2.30 bits per heavy atom. The monoisotopic (exact) mass is 442 g/mol. The average molecular weight is 443 g/mol. The molecule has 0 radical (unpaired) electrons. The first-order valence-corrected chi connectivity index (χ1v) is 11.4. The summed E-state index contributed by atoms with van der Waals surface area (Å²) in [6, 6.07) is 19.9. The molecular weight excluding hydrogens is 412 g/mol. The van der Waals surface area contributed by atoms with E-state index < -0.39 is 0 Å². The third-order valence-corrected chi connectivity index (χ3v) is 6.23. The molecule has 6 heteroatoms. The van der Waals surface area contributed by atoms with Crippen LogP contribution in [0.25, 0.3) is 11.8 Å². The van der Waals surface area contributed by atoms with Gasteiger partial charge in [-0.2, -0.15) is 5.10 Å². The van der Waals surface area contributed by atoms with Gasteiger partial charge in [0.15, 0.2) is 0 Å². The molecule has 2 heterocycles. The van der Waals surface area contributed by atoms with Gasteiger partial charge in [0.1, 0.15) is 0 Å². The van der Waals surface area contributed by atoms with Crippen molar-refractivity contribution in [2.24, 2.45) is 5.92 Å². The number of amides is 2. The summed E-state index contributed by atoms with van der Waals surface area (Å²) in [5, 5.41) is 7.66. The average Bonchev–Trinajstić information content (AvgIpc) is 3.15. The molecule has 0 aliphatic carbocycles. The van der Waals surface area contributed by atoms with Crippen LogP contribution in [0.15, 0.2) is 66.7 Å². The highest BCUT2D eigenvalue weighted by Gasteiger charge is 2.26. The molecule has 0 spiro atoms. The van der Waals surface area contributed by atoms with Gasteiger partial charge in [0.2, 0.25) is 11.8 Å². The first kappa shape index (κ1) is 22.5. The molecule has 0 atom stereocenters. The van der Waals surface area contributed by atoms with E-state index in [1.165, 1.54) is 0 Å². The highest BCUT2D eigenvalue weighted by molar-refractivity contribution is 5.92. The van der Waals surface area contributed by atoms with Crippen LogP contribution in [0.5, 0.6) is 0 Å². The number of carbonyl (C=O) groups excluding carboxylic acids is 2. The lowest BCUT2D eigenvalue weighted by atomic mass is 9.95. The Kier molecular flexibility index (Phi) is 7.03. The highest BCUT2D eigenvalue weighted by Crippen LogP contribution is 2.21. The minimum atomic E-state index is -0.0460. The van der Waals surface area contributed by atoms with Crippen LogP contribution in [0.4, 0.5) is 0 Å². The maximum atomic E-state index is 12.8. The van der Waals surface area contributed by atoms with Crippen LogP contribution < -0.4 is 5.32 Å². The fourth-order valence-corrected chi connectivity index (χ4v) is 4.27. The molecule has 1 aliphatic rings. The van der Waals surface area contributed by atoms with E-state index in [2.05, 4.69) is 10.4 Å². The summed E-state index contributed by atoms with van der Waals surface area (Å²) in [4.78, 5) is 27.1. The van der Waals surface area contributed by atoms with Crippen molar-refractivity contribution in [1.29, 1.82) is 0 Å². The molecule has 1 saturated heterocycles. The second-order valence-electron chi connectivity index (χ2n) is 8.47. The van der Waals surface area contributed by atoms with Gasteiger partial charge >= 0.3 is 0 Å². The lowest BCUT2D eigenvalue weighted by Gasteiger charge is -2.30. The van der Waals surface area contributed by atoms with Gasteiger partial charge in [-0.05, 0) is 50.5 Å². The maximum Gasteiger partial charge on any atom is 0.246 e. The first-order valence-electron chi connectivity index (χ1n) is 11.4. The number of aromatic nitrogens is 2. The lowest BCUT2D eigenvalue weighted by Crippen LogP contribution is -2.42. The Hall–Kier alpha value is -3.67. The quantitative estimate of drug-likeness (QED) is 0.586. The minimum absolute atomic E-state index is 0.0237. The number of hydrogen-bond acceptors (Lipinski definition) is 3. The van der Waals surface area contributed by atoms with Crippen molar-refractivity contribution >= 4 is 17.9 Å². The molecule has 1 fully saturated rings. The molecule has 0 unspecified atom stereocenters. The van der Waals surface area contributed by atoms with Crippen molar-refractivity contribution in [3.63, 3.8) is 0 Å². The van der Waals surface area contributed by atoms with Gasteiger partial charge in [0.05, 0.1) is 11.4 Å². The van der Waals surface area contributed by atoms with Gasteiger partial charge in [-0.25, -0.2) is 4.68 Å². The maximum absolute atomic E-state index is 12.8. The van der Waals surface area contributed by atoms with E-state index in [0.29, 0.717) is 32.5 Å². The lowest BCUT2D eigenvalue weighted by molar-refractivity contribution is -0.132. The van der Waals surface area contributed by atoms with Crippen LogP contribution >= 0.6 is 0 Å². The van der Waals surface area contributed by atoms with E-state index in [0.717, 1.165) is 28.2 Å². The van der Waals surface area contributed by atoms with Crippen molar-refractivity contribution < 1.29 is 9.59 Å². The molecule has 1 N–H and O–H groups in total. The van der Waals surface area contributed by atoms with E-state index in [1.807, 2.05) is 90.2 Å². The van der Waals surface area contributed by atoms with Crippen molar-refractivity contribution in [3.8, 4) is 5.69 Å². The summed E-state index contributed by atoms with van der Waals surface area (Å²) in [5.41, 5.74) is 4.93. The molecule has 33 heavy (non-hydrogen) atoms. The van der Waals surface area contributed by atoms with Gasteiger partial charge in [-0.1, -0.05) is 48.5 Å². The van der Waals surface area contributed by atoms with Crippen molar-refractivity contribution in [2.75, 3.05) is 13.1 Å². The van der Waals surface area contributed by atoms with Gasteiger partial charge in [-0.15, -0.1) is 0 Å². The van der Waals surface area contributed by atoms with Crippen LogP contribution in [-0.4, -0.2) is 39.6 Å². The normalized spacial score (nSPS) is 14.5. The Bertz CT molecular complexity index is 1130. The molecule has 2 amide bonds. The number of nitrogens with zero attached hydrogens (tertiary/aromatic N) is 3. The van der Waals surface area contributed by atoms with Gasteiger partial charge in [-0.3, -0.25) is 9.59 Å². The van der Waals surface area contributed by atoms with Crippen LogP contribution in [0, 0.1) is 19.8 Å². The van der Waals surface area contributed by atoms with Crippen LogP contribution in [-0.2, 0) is 16.1 Å². The van der Waals surface area contributed by atoms with E-state index in [4.69, 9.17) is 0 Å². The molecule has 2 aromatic carbocycles. The minimum Gasteiger partial charge on any atom is -0.352 e. The molecule has 170 valence electrons. The Labute approximate surface area is 194 Å². The topological polar surface area (TPSA) is 67.2 Å². The number of piperidine rings is 1. The third-order valence-electron chi connectivity index (χ3n) is 6.23.